The Hall–Kier alpha value is -0.860. The molecular weight excluding hydrogens is 220 g/mol. The second kappa shape index (κ2) is 5.85. The van der Waals surface area contributed by atoms with Gasteiger partial charge in [-0.05, 0) is 36.8 Å². The van der Waals surface area contributed by atoms with Gasteiger partial charge in [0.05, 0.1) is 0 Å². The Balaban J connectivity index is 1.94. The number of hydrogen-bond donors (Lipinski definition) is 1. The average Bonchev–Trinajstić information content (AvgIpc) is 2.63. The monoisotopic (exact) mass is 246 g/mol. The summed E-state index contributed by atoms with van der Waals surface area (Å²) >= 11 is 0. The molecule has 2 atom stereocenters. The molecule has 0 bridgehead atoms. The molecule has 1 aromatic carbocycles. The molecule has 1 aliphatic heterocycles. The molecule has 0 spiro atoms. The number of benzene rings is 1. The zero-order valence-electron chi connectivity index (χ0n) is 11.9. The first-order chi connectivity index (χ1) is 8.56. The molecule has 0 saturated carbocycles. The summed E-state index contributed by atoms with van der Waals surface area (Å²) in [4.78, 5) is 2.49. The topological polar surface area (TPSA) is 29.3 Å². The Kier molecular flexibility index (Phi) is 4.41. The smallest absolute Gasteiger partial charge is 0.0237 e. The second-order valence-electron chi connectivity index (χ2n) is 6.08. The van der Waals surface area contributed by atoms with Crippen LogP contribution in [0.25, 0.3) is 0 Å². The van der Waals surface area contributed by atoms with Crippen molar-refractivity contribution in [2.75, 3.05) is 6.54 Å². The van der Waals surface area contributed by atoms with Crippen LogP contribution in [0.5, 0.6) is 0 Å². The van der Waals surface area contributed by atoms with E-state index in [1.165, 1.54) is 17.5 Å². The van der Waals surface area contributed by atoms with Crippen molar-refractivity contribution in [1.29, 1.82) is 0 Å². The van der Waals surface area contributed by atoms with Crippen molar-refractivity contribution in [3.8, 4) is 0 Å². The van der Waals surface area contributed by atoms with Crippen LogP contribution in [0, 0.1) is 5.92 Å². The molecule has 18 heavy (non-hydrogen) atoms. The molecule has 0 radical (unpaired) electrons. The molecule has 1 aromatic rings. The van der Waals surface area contributed by atoms with Gasteiger partial charge in [-0.3, -0.25) is 4.90 Å². The van der Waals surface area contributed by atoms with Gasteiger partial charge in [-0.15, -0.1) is 0 Å². The fraction of sp³-hybridized carbons (Fsp3) is 0.625. The van der Waals surface area contributed by atoms with Crippen molar-refractivity contribution >= 4 is 0 Å². The summed E-state index contributed by atoms with van der Waals surface area (Å²) in [5.74, 6) is 0.729. The maximum atomic E-state index is 6.06. The largest absolute Gasteiger partial charge is 0.326 e. The van der Waals surface area contributed by atoms with E-state index in [2.05, 4.69) is 49.9 Å². The molecule has 2 heteroatoms. The lowest BCUT2D eigenvalue weighted by atomic mass is 10.0. The first-order valence-electron chi connectivity index (χ1n) is 7.13. The molecule has 2 N–H and O–H groups in total. The van der Waals surface area contributed by atoms with Gasteiger partial charge in [-0.25, -0.2) is 0 Å². The van der Waals surface area contributed by atoms with E-state index in [0.29, 0.717) is 12.1 Å². The number of rotatable bonds is 4. The van der Waals surface area contributed by atoms with Crippen LogP contribution in [-0.2, 0) is 13.0 Å². The van der Waals surface area contributed by atoms with Gasteiger partial charge in [0.2, 0.25) is 0 Å². The highest BCUT2D eigenvalue weighted by atomic mass is 15.2. The van der Waals surface area contributed by atoms with Crippen molar-refractivity contribution in [3.05, 3.63) is 35.4 Å². The van der Waals surface area contributed by atoms with Crippen molar-refractivity contribution in [3.63, 3.8) is 0 Å². The zero-order valence-corrected chi connectivity index (χ0v) is 11.9. The first-order valence-corrected chi connectivity index (χ1v) is 7.13. The van der Waals surface area contributed by atoms with E-state index in [9.17, 15) is 0 Å². The molecule has 0 amide bonds. The standard InChI is InChI=1S/C16H26N2/c1-12(2)10-14-4-6-15(7-5-14)11-18-9-8-16(17)13(18)3/h4-7,12-13,16H,8-11,17H2,1-3H3. The van der Waals surface area contributed by atoms with Crippen LogP contribution in [0.2, 0.25) is 0 Å². The highest BCUT2D eigenvalue weighted by Crippen LogP contribution is 2.19. The van der Waals surface area contributed by atoms with Crippen LogP contribution in [0.3, 0.4) is 0 Å². The summed E-state index contributed by atoms with van der Waals surface area (Å²) in [6, 6.07) is 9.96. The lowest BCUT2D eigenvalue weighted by Gasteiger charge is -2.23. The molecule has 1 heterocycles. The average molecular weight is 246 g/mol. The van der Waals surface area contributed by atoms with Gasteiger partial charge in [0.1, 0.15) is 0 Å². The van der Waals surface area contributed by atoms with Gasteiger partial charge in [0.25, 0.3) is 0 Å². The minimum absolute atomic E-state index is 0.352. The molecule has 1 aliphatic rings. The Labute approximate surface area is 111 Å². The molecule has 1 fully saturated rings. The minimum atomic E-state index is 0.352. The molecular formula is C16H26N2. The van der Waals surface area contributed by atoms with Crippen LogP contribution in [0.4, 0.5) is 0 Å². The Morgan fingerprint density at radius 1 is 1.22 bits per heavy atom. The van der Waals surface area contributed by atoms with Crippen molar-refractivity contribution in [1.82, 2.24) is 4.90 Å². The molecule has 2 nitrogen and oxygen atoms in total. The van der Waals surface area contributed by atoms with Crippen LogP contribution < -0.4 is 5.73 Å². The van der Waals surface area contributed by atoms with E-state index in [1.807, 2.05) is 0 Å². The molecule has 0 aliphatic carbocycles. The molecule has 1 saturated heterocycles. The third kappa shape index (κ3) is 3.33. The van der Waals surface area contributed by atoms with E-state index in [1.54, 1.807) is 0 Å². The van der Waals surface area contributed by atoms with Gasteiger partial charge < -0.3 is 5.73 Å². The SMILES string of the molecule is CC(C)Cc1ccc(CN2CCC(N)C2C)cc1. The Bertz CT molecular complexity index is 369. The third-order valence-corrected chi connectivity index (χ3v) is 4.00. The Morgan fingerprint density at radius 3 is 2.33 bits per heavy atom. The van der Waals surface area contributed by atoms with E-state index in [-0.39, 0.29) is 0 Å². The van der Waals surface area contributed by atoms with E-state index in [4.69, 9.17) is 5.73 Å². The maximum absolute atomic E-state index is 6.06. The highest BCUT2D eigenvalue weighted by Gasteiger charge is 2.27. The molecule has 0 aromatic heterocycles. The molecule has 2 unspecified atom stereocenters. The summed E-state index contributed by atoms with van der Waals surface area (Å²) in [5, 5.41) is 0. The summed E-state index contributed by atoms with van der Waals surface area (Å²) in [5.41, 5.74) is 8.91. The van der Waals surface area contributed by atoms with Crippen molar-refractivity contribution in [2.45, 2.75) is 52.2 Å². The molecule has 100 valence electrons. The summed E-state index contributed by atoms with van der Waals surface area (Å²) < 4.78 is 0. The van der Waals surface area contributed by atoms with Crippen molar-refractivity contribution < 1.29 is 0 Å². The number of nitrogens with zero attached hydrogens (tertiary/aromatic N) is 1. The van der Waals surface area contributed by atoms with Gasteiger partial charge in [-0.1, -0.05) is 38.1 Å². The normalized spacial score (nSPS) is 24.9. The van der Waals surface area contributed by atoms with E-state index in [0.717, 1.165) is 25.4 Å². The summed E-state index contributed by atoms with van der Waals surface area (Å²) in [7, 11) is 0. The van der Waals surface area contributed by atoms with Crippen LogP contribution in [0.15, 0.2) is 24.3 Å². The van der Waals surface area contributed by atoms with Crippen LogP contribution >= 0.6 is 0 Å². The van der Waals surface area contributed by atoms with Crippen LogP contribution in [0.1, 0.15) is 38.3 Å². The van der Waals surface area contributed by atoms with Gasteiger partial charge in [-0.2, -0.15) is 0 Å². The van der Waals surface area contributed by atoms with Gasteiger partial charge in [0.15, 0.2) is 0 Å². The first kappa shape index (κ1) is 13.6. The Morgan fingerprint density at radius 2 is 1.83 bits per heavy atom. The lowest BCUT2D eigenvalue weighted by Crippen LogP contribution is -2.36. The summed E-state index contributed by atoms with van der Waals surface area (Å²) in [6.07, 6.45) is 2.30. The van der Waals surface area contributed by atoms with Crippen molar-refractivity contribution in [2.24, 2.45) is 11.7 Å². The van der Waals surface area contributed by atoms with Crippen LogP contribution in [-0.4, -0.2) is 23.5 Å². The lowest BCUT2D eigenvalue weighted by molar-refractivity contribution is 0.251. The van der Waals surface area contributed by atoms with Gasteiger partial charge >= 0.3 is 0 Å². The minimum Gasteiger partial charge on any atom is -0.326 e. The highest BCUT2D eigenvalue weighted by molar-refractivity contribution is 5.23. The molecule has 2 rings (SSSR count). The number of nitrogens with two attached hydrogens (primary N) is 1. The zero-order chi connectivity index (χ0) is 13.1. The predicted octanol–water partition coefficient (Wildman–Crippen LogP) is 2.81. The quantitative estimate of drug-likeness (QED) is 0.885. The number of hydrogen-bond acceptors (Lipinski definition) is 2. The maximum Gasteiger partial charge on any atom is 0.0237 e. The van der Waals surface area contributed by atoms with E-state index >= 15 is 0 Å². The third-order valence-electron chi connectivity index (χ3n) is 4.00. The second-order valence-corrected chi connectivity index (χ2v) is 6.08. The van der Waals surface area contributed by atoms with E-state index < -0.39 is 0 Å². The number of likely N-dealkylation sites (tertiary alicyclic amines) is 1. The fourth-order valence-electron chi connectivity index (χ4n) is 2.74. The van der Waals surface area contributed by atoms with Gasteiger partial charge in [0, 0.05) is 25.2 Å². The fourth-order valence-corrected chi connectivity index (χ4v) is 2.74. The summed E-state index contributed by atoms with van der Waals surface area (Å²) in [6.45, 7) is 8.94. The predicted molar refractivity (Wildman–Crippen MR) is 77.4 cm³/mol.